The number of nitrogens with one attached hydrogen (secondary N) is 1. The molecular formula is C14H23N5O2. The van der Waals surface area contributed by atoms with Crippen molar-refractivity contribution in [2.24, 2.45) is 11.8 Å². The minimum Gasteiger partial charge on any atom is -0.463 e. The van der Waals surface area contributed by atoms with Gasteiger partial charge in [0, 0.05) is 26.1 Å². The number of anilines is 2. The number of nitrogens with zero attached hydrogens (tertiary/aromatic N) is 4. The second kappa shape index (κ2) is 6.01. The summed E-state index contributed by atoms with van der Waals surface area (Å²) in [4.78, 5) is 15.2. The first-order valence-corrected chi connectivity index (χ1v) is 7.71. The van der Waals surface area contributed by atoms with E-state index in [1.54, 1.807) is 7.05 Å². The molecule has 1 aliphatic heterocycles. The normalized spacial score (nSPS) is 27.8. The van der Waals surface area contributed by atoms with Crippen molar-refractivity contribution >= 4 is 11.9 Å². The molecule has 0 aromatic carbocycles. The number of hydrogen-bond donors (Lipinski definition) is 2. The molecule has 0 spiro atoms. The third kappa shape index (κ3) is 2.88. The Balaban J connectivity index is 1.78. The molecule has 21 heavy (non-hydrogen) atoms. The average molecular weight is 293 g/mol. The Hall–Kier alpha value is -1.63. The van der Waals surface area contributed by atoms with Crippen LogP contribution in [0.25, 0.3) is 0 Å². The summed E-state index contributed by atoms with van der Waals surface area (Å²) in [6, 6.07) is 0.365. The molecule has 1 aromatic rings. The predicted molar refractivity (Wildman–Crippen MR) is 79.6 cm³/mol. The molecule has 2 aliphatic rings. The van der Waals surface area contributed by atoms with Gasteiger partial charge in [-0.05, 0) is 25.2 Å². The molecule has 1 aliphatic carbocycles. The van der Waals surface area contributed by atoms with E-state index >= 15 is 0 Å². The standard InChI is InChI=1S/C14H23N5O2/c1-3-6-21-14-17-12(15-2)16-13(18-14)19-7-9-4-5-11(20)10(9)8-19/h9-11,20H,3-8H2,1-2H3,(H,15,16,17,18). The number of aromatic nitrogens is 3. The lowest BCUT2D eigenvalue weighted by Gasteiger charge is -2.19. The maximum atomic E-state index is 10.0. The number of aliphatic hydroxyl groups is 1. The highest BCUT2D eigenvalue weighted by atomic mass is 16.5. The van der Waals surface area contributed by atoms with Gasteiger partial charge >= 0.3 is 6.01 Å². The van der Waals surface area contributed by atoms with E-state index in [9.17, 15) is 5.11 Å². The summed E-state index contributed by atoms with van der Waals surface area (Å²) in [5.74, 6) is 2.06. The SMILES string of the molecule is CCCOc1nc(NC)nc(N2CC3CCC(O)C3C2)n1. The molecule has 0 amide bonds. The Labute approximate surface area is 124 Å². The molecule has 0 bridgehead atoms. The zero-order chi connectivity index (χ0) is 14.8. The quantitative estimate of drug-likeness (QED) is 0.834. The molecule has 2 N–H and O–H groups in total. The first kappa shape index (κ1) is 14.3. The lowest BCUT2D eigenvalue weighted by Crippen LogP contribution is -2.26. The van der Waals surface area contributed by atoms with Crippen LogP contribution in [0.3, 0.4) is 0 Å². The van der Waals surface area contributed by atoms with E-state index in [2.05, 4.69) is 25.2 Å². The molecule has 1 saturated carbocycles. The van der Waals surface area contributed by atoms with Crippen molar-refractivity contribution < 1.29 is 9.84 Å². The van der Waals surface area contributed by atoms with E-state index in [4.69, 9.17) is 4.74 Å². The van der Waals surface area contributed by atoms with Crippen molar-refractivity contribution in [1.29, 1.82) is 0 Å². The molecule has 1 aromatic heterocycles. The highest BCUT2D eigenvalue weighted by Crippen LogP contribution is 2.39. The number of hydrogen-bond acceptors (Lipinski definition) is 7. The van der Waals surface area contributed by atoms with Gasteiger partial charge in [-0.2, -0.15) is 15.0 Å². The van der Waals surface area contributed by atoms with Crippen molar-refractivity contribution in [3.05, 3.63) is 0 Å². The molecule has 3 rings (SSSR count). The van der Waals surface area contributed by atoms with Gasteiger partial charge in [-0.1, -0.05) is 6.92 Å². The van der Waals surface area contributed by atoms with Crippen LogP contribution in [-0.4, -0.2) is 52.9 Å². The first-order valence-electron chi connectivity index (χ1n) is 7.71. The third-order valence-corrected chi connectivity index (χ3v) is 4.36. The Morgan fingerprint density at radius 2 is 2.14 bits per heavy atom. The smallest absolute Gasteiger partial charge is 0.323 e. The topological polar surface area (TPSA) is 83.4 Å². The maximum absolute atomic E-state index is 10.0. The van der Waals surface area contributed by atoms with Crippen LogP contribution in [0.4, 0.5) is 11.9 Å². The van der Waals surface area contributed by atoms with Crippen LogP contribution < -0.4 is 15.0 Å². The number of rotatable bonds is 5. The molecular weight excluding hydrogens is 270 g/mol. The van der Waals surface area contributed by atoms with Crippen LogP contribution >= 0.6 is 0 Å². The Morgan fingerprint density at radius 3 is 2.86 bits per heavy atom. The molecule has 116 valence electrons. The van der Waals surface area contributed by atoms with E-state index in [0.29, 0.717) is 36.3 Å². The molecule has 0 radical (unpaired) electrons. The molecule has 7 heteroatoms. The van der Waals surface area contributed by atoms with Gasteiger partial charge in [0.25, 0.3) is 0 Å². The summed E-state index contributed by atoms with van der Waals surface area (Å²) in [5, 5.41) is 13.0. The fourth-order valence-corrected chi connectivity index (χ4v) is 3.26. The molecule has 3 atom stereocenters. The van der Waals surface area contributed by atoms with Crippen molar-refractivity contribution in [3.63, 3.8) is 0 Å². The van der Waals surface area contributed by atoms with Crippen molar-refractivity contribution in [3.8, 4) is 6.01 Å². The fourth-order valence-electron chi connectivity index (χ4n) is 3.26. The number of ether oxygens (including phenoxy) is 1. The van der Waals surface area contributed by atoms with Crippen molar-refractivity contribution in [2.45, 2.75) is 32.3 Å². The summed E-state index contributed by atoms with van der Waals surface area (Å²) in [6.45, 7) is 4.36. The second-order valence-corrected chi connectivity index (χ2v) is 5.81. The summed E-state index contributed by atoms with van der Waals surface area (Å²) in [5.41, 5.74) is 0. The van der Waals surface area contributed by atoms with E-state index in [1.807, 2.05) is 6.92 Å². The highest BCUT2D eigenvalue weighted by Gasteiger charge is 2.42. The van der Waals surface area contributed by atoms with Crippen LogP contribution in [0.5, 0.6) is 6.01 Å². The lowest BCUT2D eigenvalue weighted by molar-refractivity contribution is 0.133. The highest BCUT2D eigenvalue weighted by molar-refractivity contribution is 5.39. The Morgan fingerprint density at radius 1 is 1.29 bits per heavy atom. The van der Waals surface area contributed by atoms with E-state index in [1.165, 1.54) is 0 Å². The molecule has 2 heterocycles. The summed E-state index contributed by atoms with van der Waals surface area (Å²) < 4.78 is 5.53. The van der Waals surface area contributed by atoms with E-state index in [-0.39, 0.29) is 6.10 Å². The minimum atomic E-state index is -0.179. The first-order chi connectivity index (χ1) is 10.2. The maximum Gasteiger partial charge on any atom is 0.323 e. The largest absolute Gasteiger partial charge is 0.463 e. The van der Waals surface area contributed by atoms with Crippen LogP contribution in [0.1, 0.15) is 26.2 Å². The Kier molecular flexibility index (Phi) is 4.10. The summed E-state index contributed by atoms with van der Waals surface area (Å²) in [7, 11) is 1.78. The Bertz CT molecular complexity index is 498. The molecule has 2 fully saturated rings. The fraction of sp³-hybridized carbons (Fsp3) is 0.786. The second-order valence-electron chi connectivity index (χ2n) is 5.81. The van der Waals surface area contributed by atoms with Crippen LogP contribution in [0.2, 0.25) is 0 Å². The monoisotopic (exact) mass is 293 g/mol. The summed E-state index contributed by atoms with van der Waals surface area (Å²) >= 11 is 0. The van der Waals surface area contributed by atoms with Crippen molar-refractivity contribution in [1.82, 2.24) is 15.0 Å². The van der Waals surface area contributed by atoms with Crippen molar-refractivity contribution in [2.75, 3.05) is 37.0 Å². The summed E-state index contributed by atoms with van der Waals surface area (Å²) in [6.07, 6.45) is 2.75. The molecule has 1 saturated heterocycles. The van der Waals surface area contributed by atoms with Gasteiger partial charge in [0.15, 0.2) is 0 Å². The molecule has 3 unspecified atom stereocenters. The van der Waals surface area contributed by atoms with Gasteiger partial charge in [0.05, 0.1) is 12.7 Å². The average Bonchev–Trinajstić information content (AvgIpc) is 3.07. The van der Waals surface area contributed by atoms with E-state index in [0.717, 1.165) is 32.4 Å². The van der Waals surface area contributed by atoms with Crippen LogP contribution in [-0.2, 0) is 0 Å². The van der Waals surface area contributed by atoms with Gasteiger partial charge in [-0.3, -0.25) is 0 Å². The zero-order valence-corrected chi connectivity index (χ0v) is 12.6. The van der Waals surface area contributed by atoms with Crippen LogP contribution in [0.15, 0.2) is 0 Å². The van der Waals surface area contributed by atoms with Gasteiger partial charge in [-0.25, -0.2) is 0 Å². The number of fused-ring (bicyclic) bond motifs is 1. The van der Waals surface area contributed by atoms with E-state index < -0.39 is 0 Å². The zero-order valence-electron chi connectivity index (χ0n) is 12.6. The predicted octanol–water partition coefficient (Wildman–Crippen LogP) is 0.909. The van der Waals surface area contributed by atoms with Gasteiger partial charge < -0.3 is 20.1 Å². The van der Waals surface area contributed by atoms with Crippen LogP contribution in [0, 0.1) is 11.8 Å². The van der Waals surface area contributed by atoms with Gasteiger partial charge in [0.2, 0.25) is 11.9 Å². The van der Waals surface area contributed by atoms with Gasteiger partial charge in [-0.15, -0.1) is 0 Å². The third-order valence-electron chi connectivity index (χ3n) is 4.36. The van der Waals surface area contributed by atoms with Gasteiger partial charge in [0.1, 0.15) is 0 Å². The lowest BCUT2D eigenvalue weighted by atomic mass is 10.00. The minimum absolute atomic E-state index is 0.179. The molecule has 7 nitrogen and oxygen atoms in total. The number of aliphatic hydroxyl groups excluding tert-OH is 1.